The third kappa shape index (κ3) is 33.3. The predicted octanol–water partition coefficient (Wildman–Crippen LogP) is 14.0. The van der Waals surface area contributed by atoms with E-state index in [2.05, 4.69) is 20.8 Å². The Morgan fingerprint density at radius 2 is 0.463 bits per heavy atom. The minimum atomic E-state index is -2.62. The summed E-state index contributed by atoms with van der Waals surface area (Å²) in [5.41, 5.74) is 0. The first kappa shape index (κ1) is 41.5. The van der Waals surface area contributed by atoms with Crippen molar-refractivity contribution in [3.8, 4) is 0 Å². The van der Waals surface area contributed by atoms with Gasteiger partial charge in [-0.3, -0.25) is 0 Å². The molecule has 41 heavy (non-hydrogen) atoms. The van der Waals surface area contributed by atoms with Crippen molar-refractivity contribution in [3.05, 3.63) is 0 Å². The monoisotopic (exact) mass is 619 g/mol. The maximum absolute atomic E-state index is 6.17. The molecule has 0 N–H and O–H groups in total. The first-order chi connectivity index (χ1) is 20.2. The highest BCUT2D eigenvalue weighted by Crippen LogP contribution is 2.50. The van der Waals surface area contributed by atoms with Crippen LogP contribution in [0.3, 0.4) is 0 Å². The molecule has 0 aromatic heterocycles. The van der Waals surface area contributed by atoms with Crippen LogP contribution in [0.15, 0.2) is 0 Å². The van der Waals surface area contributed by atoms with Gasteiger partial charge in [0.2, 0.25) is 0 Å². The van der Waals surface area contributed by atoms with Gasteiger partial charge in [0.15, 0.2) is 0 Å². The minimum absolute atomic E-state index is 0.684. The van der Waals surface area contributed by atoms with Crippen LogP contribution in [-0.2, 0) is 25.4 Å². The van der Waals surface area contributed by atoms with Gasteiger partial charge in [-0.25, -0.2) is 0 Å². The van der Waals surface area contributed by atoms with Gasteiger partial charge in [0.05, 0.1) is 19.8 Å². The molecule has 5 heteroatoms. The summed E-state index contributed by atoms with van der Waals surface area (Å²) in [7, 11) is 0. The summed E-state index contributed by atoms with van der Waals surface area (Å²) in [6.07, 6.45) is 39.8. The van der Waals surface area contributed by atoms with Gasteiger partial charge in [-0.1, -0.05) is 194 Å². The number of hydrogen-bond donors (Lipinski definition) is 0. The fourth-order valence-electron chi connectivity index (χ4n) is 5.41. The van der Waals surface area contributed by atoms with Crippen LogP contribution in [0.4, 0.5) is 0 Å². The number of rotatable bonds is 36. The SMILES string of the molecule is CCCCCCCCCCCCOP(=S)(OCCCCCCCCCCCC)OCCCCCCCCCCCC. The average molecular weight is 619 g/mol. The van der Waals surface area contributed by atoms with Gasteiger partial charge in [0, 0.05) is 0 Å². The number of hydrogen-bond acceptors (Lipinski definition) is 4. The molecular weight excluding hydrogens is 543 g/mol. The lowest BCUT2D eigenvalue weighted by molar-refractivity contribution is 0.150. The molecule has 0 rings (SSSR count). The van der Waals surface area contributed by atoms with Crippen molar-refractivity contribution in [1.82, 2.24) is 0 Å². The van der Waals surface area contributed by atoms with Crippen molar-refractivity contribution in [2.24, 2.45) is 0 Å². The van der Waals surface area contributed by atoms with E-state index in [1.165, 1.54) is 173 Å². The Hall–Kier alpha value is 0.530. The van der Waals surface area contributed by atoms with Crippen molar-refractivity contribution < 1.29 is 13.6 Å². The lowest BCUT2D eigenvalue weighted by Crippen LogP contribution is -2.04. The zero-order valence-corrected chi connectivity index (χ0v) is 30.1. The van der Waals surface area contributed by atoms with E-state index in [9.17, 15) is 0 Å². The smallest absolute Gasteiger partial charge is 0.309 e. The largest absolute Gasteiger partial charge is 0.327 e. The minimum Gasteiger partial charge on any atom is -0.309 e. The molecule has 0 saturated carbocycles. The molecule has 0 unspecified atom stereocenters. The molecule has 0 aromatic carbocycles. The van der Waals surface area contributed by atoms with E-state index < -0.39 is 6.72 Å². The van der Waals surface area contributed by atoms with Crippen molar-refractivity contribution in [1.29, 1.82) is 0 Å². The summed E-state index contributed by atoms with van der Waals surface area (Å²) in [6, 6.07) is 0. The van der Waals surface area contributed by atoms with E-state index in [0.717, 1.165) is 19.3 Å². The fourth-order valence-corrected chi connectivity index (χ4v) is 7.36. The second-order valence-electron chi connectivity index (χ2n) is 12.5. The van der Waals surface area contributed by atoms with Gasteiger partial charge >= 0.3 is 6.72 Å². The average Bonchev–Trinajstić information content (AvgIpc) is 2.97. The Balaban J connectivity index is 4.07. The van der Waals surface area contributed by atoms with Gasteiger partial charge in [0.25, 0.3) is 0 Å². The molecule has 0 aliphatic heterocycles. The Labute approximate surface area is 264 Å². The van der Waals surface area contributed by atoms with Crippen molar-refractivity contribution in [2.75, 3.05) is 19.8 Å². The Bertz CT molecular complexity index is 460. The fraction of sp³-hybridized carbons (Fsp3) is 1.00. The third-order valence-corrected chi connectivity index (χ3v) is 10.7. The van der Waals surface area contributed by atoms with Crippen LogP contribution in [0.1, 0.15) is 213 Å². The lowest BCUT2D eigenvalue weighted by Gasteiger charge is -2.22. The summed E-state index contributed by atoms with van der Waals surface area (Å²) < 4.78 is 18.5. The molecule has 0 aliphatic rings. The van der Waals surface area contributed by atoms with Crippen LogP contribution in [0.25, 0.3) is 0 Å². The molecule has 0 aliphatic carbocycles. The van der Waals surface area contributed by atoms with Gasteiger partial charge in [-0.15, -0.1) is 0 Å². The van der Waals surface area contributed by atoms with Crippen LogP contribution in [0.2, 0.25) is 0 Å². The zero-order chi connectivity index (χ0) is 30.0. The standard InChI is InChI=1S/C36H75O3PS/c1-4-7-10-13-16-19-22-25-28-31-34-37-40(41,38-35-32-29-26-23-20-17-14-11-8-5-2)39-36-33-30-27-24-21-18-15-12-9-6-3/h4-36H2,1-3H3. The van der Waals surface area contributed by atoms with Crippen LogP contribution >= 0.6 is 6.72 Å². The van der Waals surface area contributed by atoms with Gasteiger partial charge in [0.1, 0.15) is 0 Å². The molecule has 248 valence electrons. The molecule has 0 atom stereocenters. The predicted molar refractivity (Wildman–Crippen MR) is 188 cm³/mol. The van der Waals surface area contributed by atoms with E-state index in [1.54, 1.807) is 0 Å². The molecule has 0 amide bonds. The van der Waals surface area contributed by atoms with Gasteiger partial charge < -0.3 is 13.6 Å². The summed E-state index contributed by atoms with van der Waals surface area (Å²) in [5.74, 6) is 0. The molecule has 0 saturated heterocycles. The maximum atomic E-state index is 6.17. The zero-order valence-electron chi connectivity index (χ0n) is 28.4. The normalized spacial score (nSPS) is 12.0. The Morgan fingerprint density at radius 3 is 0.659 bits per heavy atom. The van der Waals surface area contributed by atoms with Gasteiger partial charge in [-0.2, -0.15) is 0 Å². The topological polar surface area (TPSA) is 27.7 Å². The summed E-state index contributed by atoms with van der Waals surface area (Å²) in [6.45, 7) is 6.29. The van der Waals surface area contributed by atoms with Crippen LogP contribution in [0.5, 0.6) is 0 Å². The number of unbranched alkanes of at least 4 members (excludes halogenated alkanes) is 27. The Morgan fingerprint density at radius 1 is 0.293 bits per heavy atom. The highest BCUT2D eigenvalue weighted by molar-refractivity contribution is 8.07. The van der Waals surface area contributed by atoms with E-state index in [4.69, 9.17) is 25.4 Å². The molecule has 0 fully saturated rings. The third-order valence-electron chi connectivity index (χ3n) is 8.24. The van der Waals surface area contributed by atoms with E-state index in [0.29, 0.717) is 19.8 Å². The van der Waals surface area contributed by atoms with Gasteiger partial charge in [-0.05, 0) is 31.1 Å². The first-order valence-corrected chi connectivity index (χ1v) is 21.3. The molecule has 0 aromatic rings. The Kier molecular flexibility index (Phi) is 35.5. The lowest BCUT2D eigenvalue weighted by atomic mass is 10.1. The van der Waals surface area contributed by atoms with Crippen molar-refractivity contribution in [3.63, 3.8) is 0 Å². The van der Waals surface area contributed by atoms with E-state index >= 15 is 0 Å². The molecule has 3 nitrogen and oxygen atoms in total. The quantitative estimate of drug-likeness (QED) is 0.0516. The molecule has 0 heterocycles. The highest BCUT2D eigenvalue weighted by atomic mass is 32.5. The second-order valence-corrected chi connectivity index (χ2v) is 15.5. The van der Waals surface area contributed by atoms with E-state index in [1.807, 2.05) is 0 Å². The van der Waals surface area contributed by atoms with Crippen LogP contribution in [-0.4, -0.2) is 19.8 Å². The van der Waals surface area contributed by atoms with Crippen molar-refractivity contribution >= 4 is 18.5 Å². The molecule has 0 radical (unpaired) electrons. The van der Waals surface area contributed by atoms with Crippen molar-refractivity contribution in [2.45, 2.75) is 213 Å². The first-order valence-electron chi connectivity index (χ1n) is 18.7. The van der Waals surface area contributed by atoms with Crippen LogP contribution < -0.4 is 0 Å². The van der Waals surface area contributed by atoms with Crippen LogP contribution in [0, 0.1) is 0 Å². The maximum Gasteiger partial charge on any atom is 0.327 e. The molecule has 0 spiro atoms. The molecular formula is C36H75O3PS. The van der Waals surface area contributed by atoms with E-state index in [-0.39, 0.29) is 0 Å². The summed E-state index contributed by atoms with van der Waals surface area (Å²) in [5, 5.41) is 0. The second kappa shape index (κ2) is 35.0. The summed E-state index contributed by atoms with van der Waals surface area (Å²) >= 11 is 5.86. The molecule has 0 bridgehead atoms. The highest BCUT2D eigenvalue weighted by Gasteiger charge is 2.20. The summed E-state index contributed by atoms with van der Waals surface area (Å²) in [4.78, 5) is 0.